The van der Waals surface area contributed by atoms with Crippen LogP contribution in [0.2, 0.25) is 0 Å². The van der Waals surface area contributed by atoms with E-state index in [0.717, 1.165) is 11.5 Å². The summed E-state index contributed by atoms with van der Waals surface area (Å²) in [6.45, 7) is 5.64. The van der Waals surface area contributed by atoms with E-state index >= 15 is 0 Å². The van der Waals surface area contributed by atoms with Crippen molar-refractivity contribution >= 4 is 6.03 Å². The van der Waals surface area contributed by atoms with Gasteiger partial charge in [-0.15, -0.1) is 0 Å². The van der Waals surface area contributed by atoms with Crippen molar-refractivity contribution in [2.75, 3.05) is 26.8 Å². The lowest BCUT2D eigenvalue weighted by molar-refractivity contribution is 0.235. The molecular formula is C14H22N2O3. The fraction of sp³-hybridized carbons (Fsp3) is 0.500. The van der Waals surface area contributed by atoms with Crippen LogP contribution in [0.3, 0.4) is 0 Å². The summed E-state index contributed by atoms with van der Waals surface area (Å²) in [6, 6.07) is 7.20. The monoisotopic (exact) mass is 266 g/mol. The van der Waals surface area contributed by atoms with Gasteiger partial charge in [-0.2, -0.15) is 0 Å². The molecule has 0 atom stereocenters. The Morgan fingerprint density at radius 2 is 2.00 bits per heavy atom. The third-order valence-corrected chi connectivity index (χ3v) is 2.37. The molecule has 0 aliphatic rings. The van der Waals surface area contributed by atoms with E-state index in [0.29, 0.717) is 25.6 Å². The van der Waals surface area contributed by atoms with Crippen LogP contribution < -0.4 is 20.1 Å². The number of urea groups is 1. The van der Waals surface area contributed by atoms with Gasteiger partial charge in [0.25, 0.3) is 0 Å². The molecule has 0 heterocycles. The topological polar surface area (TPSA) is 59.6 Å². The Kier molecular flexibility index (Phi) is 6.57. The molecule has 0 fully saturated rings. The Morgan fingerprint density at radius 3 is 2.68 bits per heavy atom. The maximum absolute atomic E-state index is 11.4. The van der Waals surface area contributed by atoms with E-state index in [1.807, 2.05) is 32.0 Å². The Morgan fingerprint density at radius 1 is 1.26 bits per heavy atom. The van der Waals surface area contributed by atoms with Gasteiger partial charge in [0.1, 0.15) is 18.1 Å². The third kappa shape index (κ3) is 6.55. The second-order valence-electron chi connectivity index (χ2n) is 4.56. The molecule has 19 heavy (non-hydrogen) atoms. The van der Waals surface area contributed by atoms with Crippen LogP contribution in [0.4, 0.5) is 4.79 Å². The Balaban J connectivity index is 2.18. The van der Waals surface area contributed by atoms with Crippen molar-refractivity contribution in [2.45, 2.75) is 13.8 Å². The first-order valence-corrected chi connectivity index (χ1v) is 6.40. The van der Waals surface area contributed by atoms with Gasteiger partial charge in [0, 0.05) is 12.6 Å². The summed E-state index contributed by atoms with van der Waals surface area (Å²) in [5.41, 5.74) is 0. The van der Waals surface area contributed by atoms with Crippen molar-refractivity contribution in [3.05, 3.63) is 24.3 Å². The van der Waals surface area contributed by atoms with Crippen LogP contribution in [0.15, 0.2) is 24.3 Å². The largest absolute Gasteiger partial charge is 0.497 e. The van der Waals surface area contributed by atoms with Crippen LogP contribution in [0.5, 0.6) is 11.5 Å². The second kappa shape index (κ2) is 8.24. The Bertz CT molecular complexity index is 394. The fourth-order valence-corrected chi connectivity index (χ4v) is 1.38. The van der Waals surface area contributed by atoms with E-state index in [1.54, 1.807) is 13.2 Å². The molecule has 2 amide bonds. The van der Waals surface area contributed by atoms with Gasteiger partial charge in [0.2, 0.25) is 0 Å². The van der Waals surface area contributed by atoms with Gasteiger partial charge in [0.15, 0.2) is 0 Å². The summed E-state index contributed by atoms with van der Waals surface area (Å²) in [5.74, 6) is 1.92. The highest BCUT2D eigenvalue weighted by Gasteiger charge is 2.01. The molecule has 0 unspecified atom stereocenters. The molecule has 0 spiro atoms. The molecule has 1 aromatic carbocycles. The zero-order chi connectivity index (χ0) is 14.1. The number of methoxy groups -OCH3 is 1. The van der Waals surface area contributed by atoms with Crippen LogP contribution in [0, 0.1) is 5.92 Å². The van der Waals surface area contributed by atoms with E-state index < -0.39 is 0 Å². The number of benzene rings is 1. The first-order valence-electron chi connectivity index (χ1n) is 6.40. The maximum atomic E-state index is 11.4. The summed E-state index contributed by atoms with van der Waals surface area (Å²) in [5, 5.41) is 5.50. The predicted octanol–water partition coefficient (Wildman–Crippen LogP) is 2.03. The second-order valence-corrected chi connectivity index (χ2v) is 4.56. The number of amides is 2. The van der Waals surface area contributed by atoms with Gasteiger partial charge in [-0.25, -0.2) is 4.79 Å². The van der Waals surface area contributed by atoms with Crippen LogP contribution in [0.25, 0.3) is 0 Å². The molecular weight excluding hydrogens is 244 g/mol. The van der Waals surface area contributed by atoms with E-state index in [4.69, 9.17) is 9.47 Å². The van der Waals surface area contributed by atoms with Crippen LogP contribution in [-0.4, -0.2) is 32.8 Å². The number of rotatable bonds is 7. The van der Waals surface area contributed by atoms with E-state index in [9.17, 15) is 4.79 Å². The normalized spacial score (nSPS) is 10.1. The minimum atomic E-state index is -0.164. The highest BCUT2D eigenvalue weighted by molar-refractivity contribution is 5.73. The number of nitrogens with one attached hydrogen (secondary N) is 2. The van der Waals surface area contributed by atoms with E-state index in [2.05, 4.69) is 10.6 Å². The first kappa shape index (κ1) is 15.1. The minimum absolute atomic E-state index is 0.164. The molecule has 0 aliphatic carbocycles. The summed E-state index contributed by atoms with van der Waals surface area (Å²) < 4.78 is 10.6. The van der Waals surface area contributed by atoms with Crippen molar-refractivity contribution in [1.29, 1.82) is 0 Å². The molecule has 1 aromatic rings. The van der Waals surface area contributed by atoms with Crippen molar-refractivity contribution < 1.29 is 14.3 Å². The lowest BCUT2D eigenvalue weighted by Gasteiger charge is -2.10. The van der Waals surface area contributed by atoms with E-state index in [-0.39, 0.29) is 6.03 Å². The van der Waals surface area contributed by atoms with E-state index in [1.165, 1.54) is 0 Å². The zero-order valence-corrected chi connectivity index (χ0v) is 11.7. The number of hydrogen-bond donors (Lipinski definition) is 2. The molecule has 0 saturated carbocycles. The molecule has 2 N–H and O–H groups in total. The summed E-state index contributed by atoms with van der Waals surface area (Å²) in [4.78, 5) is 11.4. The standard InChI is InChI=1S/C14H22N2O3/c1-11(2)10-16-14(17)15-7-8-19-13-6-4-5-12(9-13)18-3/h4-6,9,11H,7-8,10H2,1-3H3,(H2,15,16,17). The zero-order valence-electron chi connectivity index (χ0n) is 11.7. The third-order valence-electron chi connectivity index (χ3n) is 2.37. The lowest BCUT2D eigenvalue weighted by atomic mass is 10.2. The van der Waals surface area contributed by atoms with Crippen LogP contribution in [0.1, 0.15) is 13.8 Å². The first-order chi connectivity index (χ1) is 9.11. The average molecular weight is 266 g/mol. The van der Waals surface area contributed by atoms with Crippen molar-refractivity contribution in [2.24, 2.45) is 5.92 Å². The molecule has 0 radical (unpaired) electrons. The van der Waals surface area contributed by atoms with Crippen LogP contribution in [-0.2, 0) is 0 Å². The van der Waals surface area contributed by atoms with Gasteiger partial charge in [0.05, 0.1) is 13.7 Å². The molecule has 0 bridgehead atoms. The molecule has 0 saturated heterocycles. The highest BCUT2D eigenvalue weighted by atomic mass is 16.5. The van der Waals surface area contributed by atoms with Crippen molar-refractivity contribution in [3.63, 3.8) is 0 Å². The molecule has 1 rings (SSSR count). The van der Waals surface area contributed by atoms with Crippen molar-refractivity contribution in [3.8, 4) is 11.5 Å². The van der Waals surface area contributed by atoms with Gasteiger partial charge >= 0.3 is 6.03 Å². The Hall–Kier alpha value is -1.91. The number of carbonyl (C=O) groups is 1. The smallest absolute Gasteiger partial charge is 0.314 e. The van der Waals surface area contributed by atoms with Gasteiger partial charge in [-0.1, -0.05) is 19.9 Å². The maximum Gasteiger partial charge on any atom is 0.314 e. The predicted molar refractivity (Wildman–Crippen MR) is 74.7 cm³/mol. The average Bonchev–Trinajstić information content (AvgIpc) is 2.41. The molecule has 5 heteroatoms. The summed E-state index contributed by atoms with van der Waals surface area (Å²) in [7, 11) is 1.61. The highest BCUT2D eigenvalue weighted by Crippen LogP contribution is 2.18. The molecule has 0 aromatic heterocycles. The van der Waals surface area contributed by atoms with Gasteiger partial charge in [-0.3, -0.25) is 0 Å². The number of hydrogen-bond acceptors (Lipinski definition) is 3. The summed E-state index contributed by atoms with van der Waals surface area (Å²) >= 11 is 0. The van der Waals surface area contributed by atoms with Crippen molar-refractivity contribution in [1.82, 2.24) is 10.6 Å². The molecule has 106 valence electrons. The van der Waals surface area contributed by atoms with Crippen LogP contribution >= 0.6 is 0 Å². The van der Waals surface area contributed by atoms with Gasteiger partial charge in [-0.05, 0) is 18.1 Å². The van der Waals surface area contributed by atoms with Gasteiger partial charge < -0.3 is 20.1 Å². The SMILES string of the molecule is COc1cccc(OCCNC(=O)NCC(C)C)c1. The lowest BCUT2D eigenvalue weighted by Crippen LogP contribution is -2.39. The Labute approximate surface area is 114 Å². The minimum Gasteiger partial charge on any atom is -0.497 e. The molecule has 0 aliphatic heterocycles. The number of ether oxygens (including phenoxy) is 2. The quantitative estimate of drug-likeness (QED) is 0.742. The summed E-state index contributed by atoms with van der Waals surface area (Å²) in [6.07, 6.45) is 0. The molecule has 5 nitrogen and oxygen atoms in total. The fourth-order valence-electron chi connectivity index (χ4n) is 1.38. The number of carbonyl (C=O) groups excluding carboxylic acids is 1.